The van der Waals surface area contributed by atoms with Gasteiger partial charge in [-0.1, -0.05) is 12.1 Å². The standard InChI is InChI=1S/C20H23N5O3/c1-24-18(11-17(23-24)16-5-3-4-6-19(16)27-2)20(26)22-14-12-21-25(13-14)15-7-9-28-10-8-15/h3-6,11-13,15H,7-10H2,1-2H3,(H,22,26). The molecule has 146 valence electrons. The molecule has 4 rings (SSSR count). The number of nitrogens with one attached hydrogen (secondary N) is 1. The van der Waals surface area contributed by atoms with Gasteiger partial charge >= 0.3 is 0 Å². The molecule has 1 N–H and O–H groups in total. The van der Waals surface area contributed by atoms with Gasteiger partial charge in [0.05, 0.1) is 30.7 Å². The second-order valence-corrected chi connectivity index (χ2v) is 6.75. The third-order valence-electron chi connectivity index (χ3n) is 4.92. The highest BCUT2D eigenvalue weighted by Gasteiger charge is 2.19. The normalized spacial score (nSPS) is 14.8. The first-order chi connectivity index (χ1) is 13.7. The quantitative estimate of drug-likeness (QED) is 0.735. The Hall–Kier alpha value is -3.13. The van der Waals surface area contributed by atoms with Crippen LogP contribution in [0, 0.1) is 0 Å². The first-order valence-corrected chi connectivity index (χ1v) is 9.26. The number of anilines is 1. The van der Waals surface area contributed by atoms with Crippen LogP contribution in [-0.2, 0) is 11.8 Å². The Morgan fingerprint density at radius 2 is 2.07 bits per heavy atom. The van der Waals surface area contributed by atoms with E-state index in [1.165, 1.54) is 0 Å². The molecule has 0 atom stereocenters. The van der Waals surface area contributed by atoms with Crippen LogP contribution in [0.2, 0.25) is 0 Å². The first-order valence-electron chi connectivity index (χ1n) is 9.26. The molecule has 0 saturated carbocycles. The average molecular weight is 381 g/mol. The van der Waals surface area contributed by atoms with Crippen molar-refractivity contribution in [1.82, 2.24) is 19.6 Å². The van der Waals surface area contributed by atoms with E-state index < -0.39 is 0 Å². The average Bonchev–Trinajstić information content (AvgIpc) is 3.35. The van der Waals surface area contributed by atoms with E-state index in [1.807, 2.05) is 35.1 Å². The molecule has 1 fully saturated rings. The molecule has 8 heteroatoms. The first kappa shape index (κ1) is 18.2. The van der Waals surface area contributed by atoms with Crippen molar-refractivity contribution in [2.75, 3.05) is 25.6 Å². The Labute approximate surface area is 163 Å². The third kappa shape index (κ3) is 3.63. The summed E-state index contributed by atoms with van der Waals surface area (Å²) in [4.78, 5) is 12.8. The van der Waals surface area contributed by atoms with Crippen LogP contribution in [0.15, 0.2) is 42.7 Å². The number of hydrogen-bond acceptors (Lipinski definition) is 5. The number of rotatable bonds is 5. The molecular weight excluding hydrogens is 358 g/mol. The zero-order valence-electron chi connectivity index (χ0n) is 16.0. The molecule has 0 bridgehead atoms. The smallest absolute Gasteiger partial charge is 0.274 e. The SMILES string of the molecule is COc1ccccc1-c1cc(C(=O)Nc2cnn(C3CCOCC3)c2)n(C)n1. The number of aryl methyl sites for hydroxylation is 1. The van der Waals surface area contributed by atoms with Crippen LogP contribution >= 0.6 is 0 Å². The zero-order valence-corrected chi connectivity index (χ0v) is 16.0. The van der Waals surface area contributed by atoms with E-state index >= 15 is 0 Å². The van der Waals surface area contributed by atoms with Crippen molar-refractivity contribution in [2.24, 2.45) is 7.05 Å². The number of nitrogens with zero attached hydrogens (tertiary/aromatic N) is 4. The zero-order chi connectivity index (χ0) is 19.5. The van der Waals surface area contributed by atoms with Gasteiger partial charge in [-0.05, 0) is 31.0 Å². The van der Waals surface area contributed by atoms with E-state index in [9.17, 15) is 4.79 Å². The molecule has 1 amide bonds. The van der Waals surface area contributed by atoms with Crippen molar-refractivity contribution in [3.05, 3.63) is 48.4 Å². The van der Waals surface area contributed by atoms with Crippen molar-refractivity contribution >= 4 is 11.6 Å². The molecule has 0 aliphatic carbocycles. The summed E-state index contributed by atoms with van der Waals surface area (Å²) in [5.74, 6) is 0.480. The molecule has 3 aromatic rings. The van der Waals surface area contributed by atoms with Gasteiger partial charge in [0.15, 0.2) is 0 Å². The molecule has 28 heavy (non-hydrogen) atoms. The molecule has 0 radical (unpaired) electrons. The van der Waals surface area contributed by atoms with Gasteiger partial charge in [-0.25, -0.2) is 0 Å². The van der Waals surface area contributed by atoms with Gasteiger partial charge in [0, 0.05) is 32.0 Å². The monoisotopic (exact) mass is 381 g/mol. The van der Waals surface area contributed by atoms with Gasteiger partial charge in [0.25, 0.3) is 5.91 Å². The fraction of sp³-hybridized carbons (Fsp3) is 0.350. The van der Waals surface area contributed by atoms with Crippen LogP contribution in [0.1, 0.15) is 29.4 Å². The summed E-state index contributed by atoms with van der Waals surface area (Å²) in [6.45, 7) is 1.49. The lowest BCUT2D eigenvalue weighted by Crippen LogP contribution is -2.20. The minimum atomic E-state index is -0.234. The highest BCUT2D eigenvalue weighted by molar-refractivity contribution is 6.03. The molecule has 8 nitrogen and oxygen atoms in total. The number of benzene rings is 1. The van der Waals surface area contributed by atoms with Crippen LogP contribution in [0.4, 0.5) is 5.69 Å². The molecule has 2 aromatic heterocycles. The number of carbonyl (C=O) groups is 1. The van der Waals surface area contributed by atoms with E-state index in [2.05, 4.69) is 15.5 Å². The van der Waals surface area contributed by atoms with E-state index in [0.29, 0.717) is 28.9 Å². The van der Waals surface area contributed by atoms with Gasteiger partial charge in [-0.15, -0.1) is 0 Å². The van der Waals surface area contributed by atoms with Crippen molar-refractivity contribution in [1.29, 1.82) is 0 Å². The second kappa shape index (κ2) is 7.85. The van der Waals surface area contributed by atoms with E-state index in [-0.39, 0.29) is 5.91 Å². The van der Waals surface area contributed by atoms with Crippen molar-refractivity contribution < 1.29 is 14.3 Å². The molecule has 1 aliphatic rings. The van der Waals surface area contributed by atoms with Crippen molar-refractivity contribution in [3.8, 4) is 17.0 Å². The number of amides is 1. The summed E-state index contributed by atoms with van der Waals surface area (Å²) in [5, 5.41) is 11.8. The number of carbonyl (C=O) groups excluding carboxylic acids is 1. The van der Waals surface area contributed by atoms with E-state index in [0.717, 1.165) is 31.6 Å². The van der Waals surface area contributed by atoms with Crippen LogP contribution in [-0.4, -0.2) is 45.8 Å². The topological polar surface area (TPSA) is 83.2 Å². The van der Waals surface area contributed by atoms with E-state index in [4.69, 9.17) is 9.47 Å². The van der Waals surface area contributed by atoms with Crippen LogP contribution in [0.25, 0.3) is 11.3 Å². The predicted octanol–water partition coefficient (Wildman–Crippen LogP) is 2.90. The molecule has 3 heterocycles. The third-order valence-corrected chi connectivity index (χ3v) is 4.92. The maximum atomic E-state index is 12.8. The molecule has 0 spiro atoms. The van der Waals surface area contributed by atoms with Gasteiger partial charge in [0.1, 0.15) is 11.4 Å². The molecule has 1 saturated heterocycles. The van der Waals surface area contributed by atoms with Crippen molar-refractivity contribution in [2.45, 2.75) is 18.9 Å². The fourth-order valence-electron chi connectivity index (χ4n) is 3.41. The second-order valence-electron chi connectivity index (χ2n) is 6.75. The lowest BCUT2D eigenvalue weighted by molar-refractivity contribution is 0.0662. The summed E-state index contributed by atoms with van der Waals surface area (Å²) in [7, 11) is 3.37. The van der Waals surface area contributed by atoms with Gasteiger partial charge in [-0.3, -0.25) is 14.2 Å². The summed E-state index contributed by atoms with van der Waals surface area (Å²) in [6, 6.07) is 9.67. The summed E-state index contributed by atoms with van der Waals surface area (Å²) >= 11 is 0. The Bertz CT molecular complexity index is 972. The molecule has 1 aliphatic heterocycles. The number of aromatic nitrogens is 4. The van der Waals surface area contributed by atoms with Gasteiger partial charge in [0.2, 0.25) is 0 Å². The predicted molar refractivity (Wildman–Crippen MR) is 104 cm³/mol. The van der Waals surface area contributed by atoms with Crippen LogP contribution < -0.4 is 10.1 Å². The molecular formula is C20H23N5O3. The summed E-state index contributed by atoms with van der Waals surface area (Å²) in [5.41, 5.74) is 2.64. The van der Waals surface area contributed by atoms with Crippen molar-refractivity contribution in [3.63, 3.8) is 0 Å². The van der Waals surface area contributed by atoms with Crippen LogP contribution in [0.5, 0.6) is 5.75 Å². The Morgan fingerprint density at radius 3 is 2.86 bits per heavy atom. The highest BCUT2D eigenvalue weighted by Crippen LogP contribution is 2.29. The van der Waals surface area contributed by atoms with Gasteiger partial charge in [-0.2, -0.15) is 10.2 Å². The maximum absolute atomic E-state index is 12.8. The maximum Gasteiger partial charge on any atom is 0.274 e. The molecule has 1 aromatic carbocycles. The minimum Gasteiger partial charge on any atom is -0.496 e. The Balaban J connectivity index is 1.51. The van der Waals surface area contributed by atoms with Crippen LogP contribution in [0.3, 0.4) is 0 Å². The Kier molecular flexibility index (Phi) is 5.12. The largest absolute Gasteiger partial charge is 0.496 e. The number of para-hydroxylation sites is 1. The number of ether oxygens (including phenoxy) is 2. The number of methoxy groups -OCH3 is 1. The minimum absolute atomic E-state index is 0.234. The van der Waals surface area contributed by atoms with Gasteiger partial charge < -0.3 is 14.8 Å². The lowest BCUT2D eigenvalue weighted by atomic mass is 10.1. The molecule has 0 unspecified atom stereocenters. The summed E-state index contributed by atoms with van der Waals surface area (Å²) in [6.07, 6.45) is 5.40. The highest BCUT2D eigenvalue weighted by atomic mass is 16.5. The fourth-order valence-corrected chi connectivity index (χ4v) is 3.41. The number of hydrogen-bond donors (Lipinski definition) is 1. The summed E-state index contributed by atoms with van der Waals surface area (Å²) < 4.78 is 14.3. The Morgan fingerprint density at radius 1 is 1.29 bits per heavy atom. The van der Waals surface area contributed by atoms with E-state index in [1.54, 1.807) is 31.1 Å². The lowest BCUT2D eigenvalue weighted by Gasteiger charge is -2.22.